The van der Waals surface area contributed by atoms with E-state index in [-0.39, 0.29) is 10.5 Å². The van der Waals surface area contributed by atoms with E-state index >= 15 is 0 Å². The molecular weight excluding hydrogens is 427 g/mol. The first kappa shape index (κ1) is 20.7. The van der Waals surface area contributed by atoms with Crippen molar-refractivity contribution in [3.63, 3.8) is 0 Å². The molecule has 0 atom stereocenters. The first-order valence-electron chi connectivity index (χ1n) is 10.8. The number of hydrogen-bond donors (Lipinski definition) is 0. The summed E-state index contributed by atoms with van der Waals surface area (Å²) in [4.78, 5) is 14.8. The zero-order valence-electron chi connectivity index (χ0n) is 17.5. The van der Waals surface area contributed by atoms with E-state index in [2.05, 4.69) is 0 Å². The summed E-state index contributed by atoms with van der Waals surface area (Å²) in [5.41, 5.74) is 2.99. The number of aryl methyl sites for hydroxylation is 2. The normalized spacial score (nSPS) is 15.8. The van der Waals surface area contributed by atoms with Gasteiger partial charge in [0, 0.05) is 18.7 Å². The van der Waals surface area contributed by atoms with Gasteiger partial charge in [-0.05, 0) is 67.1 Å². The number of halogens is 1. The van der Waals surface area contributed by atoms with Crippen LogP contribution in [0, 0.1) is 5.82 Å². The van der Waals surface area contributed by atoms with Crippen molar-refractivity contribution in [2.45, 2.75) is 30.6 Å². The zero-order valence-corrected chi connectivity index (χ0v) is 18.3. The topological polar surface area (TPSA) is 57.7 Å². The molecule has 0 spiro atoms. The monoisotopic (exact) mass is 450 g/mol. The summed E-state index contributed by atoms with van der Waals surface area (Å²) in [6.07, 6.45) is 3.00. The Morgan fingerprint density at radius 2 is 1.56 bits per heavy atom. The zero-order chi connectivity index (χ0) is 22.3. The van der Waals surface area contributed by atoms with E-state index in [9.17, 15) is 17.6 Å². The third kappa shape index (κ3) is 3.46. The molecule has 0 saturated heterocycles. The van der Waals surface area contributed by atoms with Gasteiger partial charge in [-0.3, -0.25) is 9.10 Å². The molecule has 1 amide bonds. The molecule has 7 heteroatoms. The number of para-hydroxylation sites is 2. The Hall–Kier alpha value is -3.19. The van der Waals surface area contributed by atoms with Gasteiger partial charge in [0.15, 0.2) is 0 Å². The summed E-state index contributed by atoms with van der Waals surface area (Å²) in [5, 5.41) is 0. The second-order valence-corrected chi connectivity index (χ2v) is 10.0. The fourth-order valence-corrected chi connectivity index (χ4v) is 6.22. The number of anilines is 2. The molecule has 2 aliphatic heterocycles. The molecule has 0 bridgehead atoms. The van der Waals surface area contributed by atoms with E-state index in [0.29, 0.717) is 30.9 Å². The van der Waals surface area contributed by atoms with Crippen molar-refractivity contribution < 1.29 is 17.6 Å². The third-order valence-corrected chi connectivity index (χ3v) is 7.96. The van der Waals surface area contributed by atoms with E-state index in [1.807, 2.05) is 30.3 Å². The van der Waals surface area contributed by atoms with Crippen LogP contribution in [0.25, 0.3) is 0 Å². The summed E-state index contributed by atoms with van der Waals surface area (Å²) < 4.78 is 43.0. The van der Waals surface area contributed by atoms with Crippen molar-refractivity contribution in [3.05, 3.63) is 89.2 Å². The molecule has 0 aromatic heterocycles. The highest BCUT2D eigenvalue weighted by Crippen LogP contribution is 2.33. The number of sulfonamides is 1. The lowest BCUT2D eigenvalue weighted by Crippen LogP contribution is -2.37. The van der Waals surface area contributed by atoms with Crippen molar-refractivity contribution >= 4 is 27.3 Å². The molecule has 5 nitrogen and oxygen atoms in total. The summed E-state index contributed by atoms with van der Waals surface area (Å²) in [6, 6.07) is 18.4. The second kappa shape index (κ2) is 8.06. The summed E-state index contributed by atoms with van der Waals surface area (Å²) in [6.45, 7) is 0.783. The summed E-state index contributed by atoms with van der Waals surface area (Å²) in [7, 11) is -3.84. The molecule has 0 fully saturated rings. The average Bonchev–Trinajstić information content (AvgIpc) is 2.83. The molecule has 2 heterocycles. The van der Waals surface area contributed by atoms with Gasteiger partial charge in [0.25, 0.3) is 15.9 Å². The smallest absolute Gasteiger partial charge is 0.264 e. The average molecular weight is 451 g/mol. The molecule has 164 valence electrons. The number of amides is 1. The predicted molar refractivity (Wildman–Crippen MR) is 122 cm³/mol. The van der Waals surface area contributed by atoms with Crippen molar-refractivity contribution in [1.29, 1.82) is 0 Å². The van der Waals surface area contributed by atoms with Crippen LogP contribution in [-0.2, 0) is 22.9 Å². The third-order valence-electron chi connectivity index (χ3n) is 6.15. The molecule has 2 aliphatic rings. The van der Waals surface area contributed by atoms with Gasteiger partial charge >= 0.3 is 0 Å². The van der Waals surface area contributed by atoms with Crippen LogP contribution in [0.1, 0.15) is 34.3 Å². The highest BCUT2D eigenvalue weighted by molar-refractivity contribution is 7.92. The molecule has 3 aromatic carbocycles. The van der Waals surface area contributed by atoms with E-state index in [0.717, 1.165) is 30.4 Å². The van der Waals surface area contributed by atoms with Gasteiger partial charge in [0.1, 0.15) is 5.82 Å². The fraction of sp³-hybridized carbons (Fsp3) is 0.240. The van der Waals surface area contributed by atoms with Crippen molar-refractivity contribution in [1.82, 2.24) is 0 Å². The molecule has 5 rings (SSSR count). The molecular formula is C25H23FN2O3S. The van der Waals surface area contributed by atoms with Crippen LogP contribution in [0.3, 0.4) is 0 Å². The van der Waals surface area contributed by atoms with Crippen molar-refractivity contribution in [2.24, 2.45) is 0 Å². The Kier molecular flexibility index (Phi) is 5.21. The number of fused-ring (bicyclic) bond motifs is 2. The van der Waals surface area contributed by atoms with Crippen LogP contribution in [0.2, 0.25) is 0 Å². The number of nitrogens with zero attached hydrogens (tertiary/aromatic N) is 2. The van der Waals surface area contributed by atoms with Crippen LogP contribution in [0.15, 0.2) is 71.6 Å². The molecule has 0 saturated carbocycles. The minimum absolute atomic E-state index is 0.0609. The van der Waals surface area contributed by atoms with E-state index < -0.39 is 21.7 Å². The highest BCUT2D eigenvalue weighted by Gasteiger charge is 2.31. The number of hydrogen-bond acceptors (Lipinski definition) is 3. The van der Waals surface area contributed by atoms with Gasteiger partial charge in [-0.15, -0.1) is 0 Å². The maximum absolute atomic E-state index is 14.6. The van der Waals surface area contributed by atoms with Crippen molar-refractivity contribution in [2.75, 3.05) is 22.3 Å². The Morgan fingerprint density at radius 1 is 0.844 bits per heavy atom. The Balaban J connectivity index is 1.51. The molecule has 32 heavy (non-hydrogen) atoms. The van der Waals surface area contributed by atoms with Gasteiger partial charge in [0.2, 0.25) is 0 Å². The number of carbonyl (C=O) groups excluding carboxylic acids is 1. The highest BCUT2D eigenvalue weighted by atomic mass is 32.2. The van der Waals surface area contributed by atoms with Crippen LogP contribution in [0.5, 0.6) is 0 Å². The molecule has 0 N–H and O–H groups in total. The minimum atomic E-state index is -3.84. The van der Waals surface area contributed by atoms with Gasteiger partial charge < -0.3 is 4.90 Å². The molecule has 0 aliphatic carbocycles. The maximum Gasteiger partial charge on any atom is 0.264 e. The second-order valence-electron chi connectivity index (χ2n) is 8.15. The number of rotatable bonds is 3. The maximum atomic E-state index is 14.6. The van der Waals surface area contributed by atoms with Gasteiger partial charge in [0.05, 0.1) is 16.3 Å². The van der Waals surface area contributed by atoms with Crippen molar-refractivity contribution in [3.8, 4) is 0 Å². The van der Waals surface area contributed by atoms with E-state index in [4.69, 9.17) is 0 Å². The first-order chi connectivity index (χ1) is 15.5. The lowest BCUT2D eigenvalue weighted by Gasteiger charge is -2.31. The van der Waals surface area contributed by atoms with Crippen LogP contribution in [0.4, 0.5) is 15.8 Å². The first-order valence-corrected chi connectivity index (χ1v) is 12.2. The largest absolute Gasteiger partial charge is 0.305 e. The fourth-order valence-electron chi connectivity index (χ4n) is 4.63. The van der Waals surface area contributed by atoms with Gasteiger partial charge in [-0.2, -0.15) is 0 Å². The van der Waals surface area contributed by atoms with Crippen LogP contribution >= 0.6 is 0 Å². The molecule has 0 unspecified atom stereocenters. The minimum Gasteiger partial charge on any atom is -0.305 e. The van der Waals surface area contributed by atoms with Crippen LogP contribution in [-0.4, -0.2) is 27.4 Å². The van der Waals surface area contributed by atoms with Gasteiger partial charge in [-0.25, -0.2) is 12.8 Å². The standard InChI is InChI=1S/C25H23FN2O3S/c26-22-13-4-8-19-11-5-15-27(24(19)22)25(29)20-9-3-12-21(17-20)32(30,31)28-16-6-10-18-7-1-2-14-23(18)28/h1-4,7-9,12-14,17H,5-6,10-11,15-16H2. The molecule has 3 aromatic rings. The Labute approximate surface area is 187 Å². The van der Waals surface area contributed by atoms with Crippen LogP contribution < -0.4 is 9.21 Å². The number of benzene rings is 3. The Morgan fingerprint density at radius 3 is 2.44 bits per heavy atom. The SMILES string of the molecule is O=C(c1cccc(S(=O)(=O)N2CCCc3ccccc32)c1)N1CCCc2cccc(F)c21. The lowest BCUT2D eigenvalue weighted by atomic mass is 10.0. The predicted octanol–water partition coefficient (Wildman–Crippen LogP) is 4.56. The lowest BCUT2D eigenvalue weighted by molar-refractivity contribution is 0.0984. The van der Waals surface area contributed by atoms with Gasteiger partial charge in [-0.1, -0.05) is 36.4 Å². The summed E-state index contributed by atoms with van der Waals surface area (Å²) in [5.74, 6) is -0.837. The number of carbonyl (C=O) groups is 1. The summed E-state index contributed by atoms with van der Waals surface area (Å²) >= 11 is 0. The molecule has 0 radical (unpaired) electrons. The van der Waals surface area contributed by atoms with E-state index in [1.165, 1.54) is 27.4 Å². The van der Waals surface area contributed by atoms with E-state index in [1.54, 1.807) is 18.2 Å². The Bertz CT molecular complexity index is 1310. The quantitative estimate of drug-likeness (QED) is 0.588.